The van der Waals surface area contributed by atoms with E-state index in [1.54, 1.807) is 16.9 Å². The summed E-state index contributed by atoms with van der Waals surface area (Å²) in [5.74, 6) is 0.314. The maximum absolute atomic E-state index is 13.4. The number of aromatic nitrogens is 2. The number of hydrogen-bond donors (Lipinski definition) is 1. The fourth-order valence-electron chi connectivity index (χ4n) is 2.14. The van der Waals surface area contributed by atoms with Crippen molar-refractivity contribution in [3.05, 3.63) is 48.0 Å². The quantitative estimate of drug-likeness (QED) is 0.812. The van der Waals surface area contributed by atoms with Crippen LogP contribution in [0.2, 0.25) is 0 Å². The van der Waals surface area contributed by atoms with Crippen LogP contribution in [0.1, 0.15) is 31.9 Å². The van der Waals surface area contributed by atoms with Crippen LogP contribution in [0.3, 0.4) is 0 Å². The highest BCUT2D eigenvalue weighted by molar-refractivity contribution is 5.36. The molecule has 21 heavy (non-hydrogen) atoms. The molecule has 1 aromatic heterocycles. The van der Waals surface area contributed by atoms with E-state index in [1.165, 1.54) is 12.1 Å². The molecule has 2 aromatic rings. The molecule has 1 unspecified atom stereocenters. The first kappa shape index (κ1) is 15.5. The fraction of sp³-hybridized carbons (Fsp3) is 0.438. The Balaban J connectivity index is 2.00. The van der Waals surface area contributed by atoms with Gasteiger partial charge in [-0.25, -0.2) is 4.39 Å². The molecule has 1 aromatic carbocycles. The summed E-state index contributed by atoms with van der Waals surface area (Å²) in [6.07, 6.45) is 4.66. The Kier molecular flexibility index (Phi) is 5.75. The van der Waals surface area contributed by atoms with Crippen molar-refractivity contribution < 1.29 is 9.13 Å². The molecule has 1 N–H and O–H groups in total. The van der Waals surface area contributed by atoms with E-state index in [2.05, 4.69) is 24.3 Å². The minimum Gasteiger partial charge on any atom is -0.491 e. The summed E-state index contributed by atoms with van der Waals surface area (Å²) < 4.78 is 21.0. The van der Waals surface area contributed by atoms with Crippen LogP contribution >= 0.6 is 0 Å². The topological polar surface area (TPSA) is 39.1 Å². The van der Waals surface area contributed by atoms with Crippen molar-refractivity contribution >= 4 is 0 Å². The highest BCUT2D eigenvalue weighted by Crippen LogP contribution is 2.26. The smallest absolute Gasteiger partial charge is 0.127 e. The average Bonchev–Trinajstić information content (AvgIpc) is 2.98. The molecule has 5 heteroatoms. The first-order chi connectivity index (χ1) is 10.2. The van der Waals surface area contributed by atoms with Gasteiger partial charge in [0.05, 0.1) is 6.54 Å². The lowest BCUT2D eigenvalue weighted by Gasteiger charge is -2.18. The van der Waals surface area contributed by atoms with Crippen LogP contribution in [0.25, 0.3) is 0 Å². The van der Waals surface area contributed by atoms with Crippen LogP contribution in [-0.2, 0) is 6.54 Å². The molecule has 0 spiro atoms. The zero-order valence-corrected chi connectivity index (χ0v) is 12.6. The maximum Gasteiger partial charge on any atom is 0.127 e. The van der Waals surface area contributed by atoms with Gasteiger partial charge in [0.25, 0.3) is 0 Å². The Bertz CT molecular complexity index is 542. The molecule has 0 fully saturated rings. The Morgan fingerprint density at radius 2 is 2.29 bits per heavy atom. The van der Waals surface area contributed by atoms with Gasteiger partial charge >= 0.3 is 0 Å². The largest absolute Gasteiger partial charge is 0.491 e. The van der Waals surface area contributed by atoms with Crippen molar-refractivity contribution in [1.82, 2.24) is 15.1 Å². The lowest BCUT2D eigenvalue weighted by atomic mass is 10.1. The highest BCUT2D eigenvalue weighted by Gasteiger charge is 2.12. The molecule has 0 radical (unpaired) electrons. The predicted octanol–water partition coefficient (Wildman–Crippen LogP) is 3.16. The number of nitrogens with zero attached hydrogens (tertiary/aromatic N) is 2. The summed E-state index contributed by atoms with van der Waals surface area (Å²) in [6.45, 7) is 6.19. The van der Waals surface area contributed by atoms with Gasteiger partial charge in [0.1, 0.15) is 18.2 Å². The van der Waals surface area contributed by atoms with Crippen LogP contribution in [0.5, 0.6) is 5.75 Å². The van der Waals surface area contributed by atoms with Crippen LogP contribution in [0.15, 0.2) is 36.7 Å². The van der Waals surface area contributed by atoms with Crippen molar-refractivity contribution in [1.29, 1.82) is 0 Å². The van der Waals surface area contributed by atoms with Gasteiger partial charge in [0.15, 0.2) is 0 Å². The van der Waals surface area contributed by atoms with Crippen LogP contribution in [0.4, 0.5) is 4.39 Å². The molecule has 2 rings (SSSR count). The summed E-state index contributed by atoms with van der Waals surface area (Å²) in [5.41, 5.74) is 0.977. The minimum atomic E-state index is -0.282. The van der Waals surface area contributed by atoms with Crippen molar-refractivity contribution in [3.63, 3.8) is 0 Å². The summed E-state index contributed by atoms with van der Waals surface area (Å²) in [5, 5.41) is 7.51. The van der Waals surface area contributed by atoms with Gasteiger partial charge < -0.3 is 10.1 Å². The van der Waals surface area contributed by atoms with E-state index in [-0.39, 0.29) is 11.9 Å². The minimum absolute atomic E-state index is 0.130. The van der Waals surface area contributed by atoms with Crippen molar-refractivity contribution in [2.75, 3.05) is 13.2 Å². The maximum atomic E-state index is 13.4. The van der Waals surface area contributed by atoms with E-state index >= 15 is 0 Å². The molecule has 0 aliphatic heterocycles. The van der Waals surface area contributed by atoms with Gasteiger partial charge in [0.2, 0.25) is 0 Å². The molecule has 114 valence electrons. The Morgan fingerprint density at radius 3 is 3.00 bits per heavy atom. The van der Waals surface area contributed by atoms with Gasteiger partial charge in [-0.1, -0.05) is 13.0 Å². The standard InChI is InChI=1S/C16H22FN3O/c1-3-7-18-13(2)15-6-5-14(17)12-16(15)21-11-10-20-9-4-8-19-20/h4-6,8-9,12-13,18H,3,7,10-11H2,1-2H3. The second-order valence-electron chi connectivity index (χ2n) is 4.98. The van der Waals surface area contributed by atoms with E-state index in [0.29, 0.717) is 18.9 Å². The van der Waals surface area contributed by atoms with Crippen LogP contribution < -0.4 is 10.1 Å². The van der Waals surface area contributed by atoms with Crippen LogP contribution in [0, 0.1) is 5.82 Å². The van der Waals surface area contributed by atoms with Gasteiger partial charge in [-0.3, -0.25) is 4.68 Å². The van der Waals surface area contributed by atoms with Crippen molar-refractivity contribution in [2.24, 2.45) is 0 Å². The van der Waals surface area contributed by atoms with E-state index < -0.39 is 0 Å². The third-order valence-electron chi connectivity index (χ3n) is 3.28. The second kappa shape index (κ2) is 7.78. The van der Waals surface area contributed by atoms with Gasteiger partial charge in [-0.05, 0) is 32.0 Å². The molecule has 0 saturated heterocycles. The van der Waals surface area contributed by atoms with E-state index in [9.17, 15) is 4.39 Å². The fourth-order valence-corrected chi connectivity index (χ4v) is 2.14. The van der Waals surface area contributed by atoms with Gasteiger partial charge in [-0.2, -0.15) is 5.10 Å². The number of nitrogens with one attached hydrogen (secondary N) is 1. The lowest BCUT2D eigenvalue weighted by molar-refractivity contribution is 0.284. The Hall–Kier alpha value is -1.88. The molecular weight excluding hydrogens is 269 g/mol. The Morgan fingerprint density at radius 1 is 1.43 bits per heavy atom. The first-order valence-electron chi connectivity index (χ1n) is 7.33. The number of hydrogen-bond acceptors (Lipinski definition) is 3. The molecule has 1 heterocycles. The Labute approximate surface area is 124 Å². The summed E-state index contributed by atoms with van der Waals surface area (Å²) in [6, 6.07) is 6.70. The van der Waals surface area contributed by atoms with Gasteiger partial charge in [-0.15, -0.1) is 0 Å². The second-order valence-corrected chi connectivity index (χ2v) is 4.98. The first-order valence-corrected chi connectivity index (χ1v) is 7.33. The molecule has 0 saturated carbocycles. The normalized spacial score (nSPS) is 12.3. The van der Waals surface area contributed by atoms with E-state index in [4.69, 9.17) is 4.74 Å². The number of halogens is 1. The van der Waals surface area contributed by atoms with E-state index in [0.717, 1.165) is 18.5 Å². The summed E-state index contributed by atoms with van der Waals surface area (Å²) in [7, 11) is 0. The number of ether oxygens (including phenoxy) is 1. The third kappa shape index (κ3) is 4.56. The van der Waals surface area contributed by atoms with Crippen LogP contribution in [-0.4, -0.2) is 22.9 Å². The zero-order chi connectivity index (χ0) is 15.1. The predicted molar refractivity (Wildman–Crippen MR) is 80.8 cm³/mol. The lowest BCUT2D eigenvalue weighted by Crippen LogP contribution is -2.20. The summed E-state index contributed by atoms with van der Waals surface area (Å²) >= 11 is 0. The third-order valence-corrected chi connectivity index (χ3v) is 3.28. The molecule has 0 bridgehead atoms. The average molecular weight is 291 g/mol. The molecule has 0 amide bonds. The van der Waals surface area contributed by atoms with Crippen molar-refractivity contribution in [3.8, 4) is 5.75 Å². The summed E-state index contributed by atoms with van der Waals surface area (Å²) in [4.78, 5) is 0. The zero-order valence-electron chi connectivity index (χ0n) is 12.6. The highest BCUT2D eigenvalue weighted by atomic mass is 19.1. The molecular formula is C16H22FN3O. The monoisotopic (exact) mass is 291 g/mol. The van der Waals surface area contributed by atoms with Crippen molar-refractivity contribution in [2.45, 2.75) is 32.9 Å². The SMILES string of the molecule is CCCNC(C)c1ccc(F)cc1OCCn1cccn1. The number of benzene rings is 1. The molecule has 0 aliphatic rings. The number of rotatable bonds is 8. The molecule has 0 aliphatic carbocycles. The molecule has 1 atom stereocenters. The molecule has 4 nitrogen and oxygen atoms in total. The van der Waals surface area contributed by atoms with E-state index in [1.807, 2.05) is 12.3 Å². The van der Waals surface area contributed by atoms with Gasteiger partial charge in [0, 0.05) is 30.1 Å².